The van der Waals surface area contributed by atoms with Gasteiger partial charge in [-0.25, -0.2) is 0 Å². The minimum atomic E-state index is 1.27. The normalized spacial score (nSPS) is 12.2. The minimum absolute atomic E-state index is 1.27. The summed E-state index contributed by atoms with van der Waals surface area (Å²) in [5, 5.41) is 5.53. The van der Waals surface area contributed by atoms with Gasteiger partial charge in [-0.2, -0.15) is 0 Å². The van der Waals surface area contributed by atoms with E-state index >= 15 is 0 Å². The van der Waals surface area contributed by atoms with Crippen molar-refractivity contribution in [1.29, 1.82) is 0 Å². The summed E-state index contributed by atoms with van der Waals surface area (Å²) >= 11 is 7.67. The van der Waals surface area contributed by atoms with Gasteiger partial charge in [0.15, 0.2) is 0 Å². The first-order valence-electron chi connectivity index (χ1n) is 12.6. The molecule has 0 bridgehead atoms. The van der Waals surface area contributed by atoms with Gasteiger partial charge in [0.1, 0.15) is 0 Å². The zero-order chi connectivity index (χ0) is 24.8. The van der Waals surface area contributed by atoms with Crippen molar-refractivity contribution in [2.45, 2.75) is 0 Å². The molecule has 4 heteroatoms. The molecule has 0 nitrogen and oxygen atoms in total. The number of hydrogen-bond acceptors (Lipinski definition) is 4. The summed E-state index contributed by atoms with van der Waals surface area (Å²) in [5.74, 6) is 0. The Morgan fingerprint density at radius 1 is 0.289 bits per heavy atom. The van der Waals surface area contributed by atoms with E-state index in [0.717, 1.165) is 0 Å². The van der Waals surface area contributed by atoms with Crippen molar-refractivity contribution in [1.82, 2.24) is 0 Å². The van der Waals surface area contributed by atoms with Crippen LogP contribution in [0.2, 0.25) is 0 Å². The third-order valence-corrected chi connectivity index (χ3v) is 12.6. The Morgan fingerprint density at radius 3 is 1.08 bits per heavy atom. The first kappa shape index (κ1) is 21.4. The first-order chi connectivity index (χ1) is 18.8. The van der Waals surface area contributed by atoms with E-state index in [1.54, 1.807) is 0 Å². The number of rotatable bonds is 2. The molecule has 0 N–H and O–H groups in total. The van der Waals surface area contributed by atoms with E-state index in [9.17, 15) is 0 Å². The van der Waals surface area contributed by atoms with E-state index < -0.39 is 0 Å². The highest BCUT2D eigenvalue weighted by molar-refractivity contribution is 7.37. The fraction of sp³-hybridized carbons (Fsp3) is 0. The maximum Gasteiger partial charge on any atom is 0.0542 e. The monoisotopic (exact) mass is 554 g/mol. The first-order valence-corrected chi connectivity index (χ1v) is 15.9. The standard InChI is InChI=1S/C34H18S4/c1-3-7-27-23(5-1)31-33(35-27)25-15-13-21(17-29(25)37-31)19-9-11-20(12-10-19)22-14-16-26-30(18-22)38-32-24-6-2-4-8-28(24)36-34(26)32/h1-18H. The molecule has 0 amide bonds. The second kappa shape index (κ2) is 7.98. The number of thiophene rings is 4. The lowest BCUT2D eigenvalue weighted by Gasteiger charge is -2.06. The zero-order valence-electron chi connectivity index (χ0n) is 20.0. The van der Waals surface area contributed by atoms with Gasteiger partial charge >= 0.3 is 0 Å². The Morgan fingerprint density at radius 2 is 0.632 bits per heavy atom. The summed E-state index contributed by atoms with van der Waals surface area (Å²) in [6, 6.07) is 40.5. The molecule has 4 aromatic heterocycles. The van der Waals surface area contributed by atoms with Gasteiger partial charge in [0, 0.05) is 40.3 Å². The fourth-order valence-electron chi connectivity index (χ4n) is 5.62. The number of fused-ring (bicyclic) bond motifs is 10. The second-order valence-corrected chi connectivity index (χ2v) is 13.9. The van der Waals surface area contributed by atoms with E-state index in [4.69, 9.17) is 0 Å². The number of benzene rings is 5. The molecule has 0 aliphatic heterocycles. The van der Waals surface area contributed by atoms with Crippen molar-refractivity contribution in [3.05, 3.63) is 109 Å². The van der Waals surface area contributed by atoms with Crippen molar-refractivity contribution >= 4 is 104 Å². The average molecular weight is 555 g/mol. The molecule has 38 heavy (non-hydrogen) atoms. The summed E-state index contributed by atoms with van der Waals surface area (Å²) in [5.41, 5.74) is 5.09. The summed E-state index contributed by atoms with van der Waals surface area (Å²) < 4.78 is 11.2. The van der Waals surface area contributed by atoms with Crippen molar-refractivity contribution in [3.8, 4) is 22.3 Å². The van der Waals surface area contributed by atoms with Crippen molar-refractivity contribution in [2.75, 3.05) is 0 Å². The van der Waals surface area contributed by atoms with Gasteiger partial charge in [-0.05, 0) is 46.5 Å². The Kier molecular flexibility index (Phi) is 4.49. The van der Waals surface area contributed by atoms with Crippen LogP contribution in [-0.4, -0.2) is 0 Å². The average Bonchev–Trinajstić information content (AvgIpc) is 3.70. The predicted molar refractivity (Wildman–Crippen MR) is 174 cm³/mol. The smallest absolute Gasteiger partial charge is 0.0542 e. The van der Waals surface area contributed by atoms with Crippen LogP contribution < -0.4 is 0 Å². The van der Waals surface area contributed by atoms with E-state index in [-0.39, 0.29) is 0 Å². The van der Waals surface area contributed by atoms with Gasteiger partial charge in [-0.1, -0.05) is 84.9 Å². The Hall–Kier alpha value is -3.54. The van der Waals surface area contributed by atoms with E-state index in [2.05, 4.69) is 109 Å². The molecule has 9 aromatic rings. The maximum atomic E-state index is 2.37. The molecule has 0 saturated heterocycles. The molecular weight excluding hydrogens is 537 g/mol. The van der Waals surface area contributed by atoms with E-state index in [1.165, 1.54) is 81.4 Å². The quantitative estimate of drug-likeness (QED) is 0.199. The van der Waals surface area contributed by atoms with Crippen LogP contribution in [0.1, 0.15) is 0 Å². The summed E-state index contributed by atoms with van der Waals surface area (Å²) in [7, 11) is 0. The molecule has 178 valence electrons. The number of hydrogen-bond donors (Lipinski definition) is 0. The van der Waals surface area contributed by atoms with Crippen LogP contribution in [0.5, 0.6) is 0 Å². The molecule has 4 heterocycles. The summed E-state index contributed by atoms with van der Waals surface area (Å²) in [6.45, 7) is 0. The van der Waals surface area contributed by atoms with Gasteiger partial charge < -0.3 is 0 Å². The molecule has 0 aliphatic carbocycles. The summed E-state index contributed by atoms with van der Waals surface area (Å²) in [6.07, 6.45) is 0. The largest absolute Gasteiger partial charge is 0.134 e. The highest BCUT2D eigenvalue weighted by atomic mass is 32.1. The Labute approximate surface area is 234 Å². The molecule has 0 saturated carbocycles. The molecule has 0 unspecified atom stereocenters. The zero-order valence-corrected chi connectivity index (χ0v) is 23.3. The molecule has 0 spiro atoms. The van der Waals surface area contributed by atoms with Gasteiger partial charge in [-0.3, -0.25) is 0 Å². The van der Waals surface area contributed by atoms with Gasteiger partial charge in [-0.15, -0.1) is 45.3 Å². The minimum Gasteiger partial charge on any atom is -0.134 e. The predicted octanol–water partition coefficient (Wildman–Crippen LogP) is 12.2. The molecule has 0 aliphatic rings. The summed E-state index contributed by atoms with van der Waals surface area (Å²) in [4.78, 5) is 0. The molecule has 0 fully saturated rings. The van der Waals surface area contributed by atoms with Crippen LogP contribution in [0.25, 0.3) is 81.4 Å². The molecule has 9 rings (SSSR count). The fourth-order valence-corrected chi connectivity index (χ4v) is 11.0. The van der Waals surface area contributed by atoms with Gasteiger partial charge in [0.25, 0.3) is 0 Å². The lowest BCUT2D eigenvalue weighted by Crippen LogP contribution is -1.80. The van der Waals surface area contributed by atoms with Crippen molar-refractivity contribution in [2.24, 2.45) is 0 Å². The van der Waals surface area contributed by atoms with Gasteiger partial charge in [0.2, 0.25) is 0 Å². The van der Waals surface area contributed by atoms with Crippen LogP contribution in [0.15, 0.2) is 109 Å². The highest BCUT2D eigenvalue weighted by Gasteiger charge is 2.14. The van der Waals surface area contributed by atoms with Crippen LogP contribution in [0.3, 0.4) is 0 Å². The second-order valence-electron chi connectivity index (χ2n) is 9.72. The van der Waals surface area contributed by atoms with Gasteiger partial charge in [0.05, 0.1) is 18.8 Å². The molecule has 0 radical (unpaired) electrons. The van der Waals surface area contributed by atoms with Crippen LogP contribution in [0, 0.1) is 0 Å². The maximum absolute atomic E-state index is 2.37. The highest BCUT2D eigenvalue weighted by Crippen LogP contribution is 2.46. The lowest BCUT2D eigenvalue weighted by molar-refractivity contribution is 1.63. The SMILES string of the molecule is c1ccc2c(c1)sc1c3ccc(-c4ccc(-c5ccc6c(c5)sc5c7ccccc7sc65)cc4)cc3sc21. The lowest BCUT2D eigenvalue weighted by atomic mass is 9.99. The Balaban J connectivity index is 1.09. The van der Waals surface area contributed by atoms with Crippen LogP contribution >= 0.6 is 45.3 Å². The van der Waals surface area contributed by atoms with E-state index in [1.807, 2.05) is 45.3 Å². The molecular formula is C34H18S4. The van der Waals surface area contributed by atoms with Crippen molar-refractivity contribution < 1.29 is 0 Å². The molecule has 5 aromatic carbocycles. The van der Waals surface area contributed by atoms with Crippen LogP contribution in [0.4, 0.5) is 0 Å². The third-order valence-electron chi connectivity index (χ3n) is 7.53. The van der Waals surface area contributed by atoms with Crippen molar-refractivity contribution in [3.63, 3.8) is 0 Å². The Bertz CT molecular complexity index is 2170. The van der Waals surface area contributed by atoms with E-state index in [0.29, 0.717) is 0 Å². The topological polar surface area (TPSA) is 0 Å². The third kappa shape index (κ3) is 3.06. The van der Waals surface area contributed by atoms with Crippen LogP contribution in [-0.2, 0) is 0 Å². The molecule has 0 atom stereocenters.